The van der Waals surface area contributed by atoms with Gasteiger partial charge in [-0.25, -0.2) is 8.78 Å². The molecular formula is C17H13F2N3O2S. The van der Waals surface area contributed by atoms with Crippen molar-refractivity contribution in [2.75, 3.05) is 5.75 Å². The molecule has 3 rings (SSSR count). The van der Waals surface area contributed by atoms with Crippen LogP contribution < -0.4 is 10.1 Å². The van der Waals surface area contributed by atoms with Crippen LogP contribution in [0.1, 0.15) is 11.1 Å². The van der Waals surface area contributed by atoms with Crippen molar-refractivity contribution in [3.8, 4) is 5.75 Å². The van der Waals surface area contributed by atoms with Crippen LogP contribution in [0.5, 0.6) is 5.75 Å². The average molecular weight is 361 g/mol. The van der Waals surface area contributed by atoms with E-state index in [1.165, 1.54) is 24.0 Å². The molecule has 1 fully saturated rings. The SMILES string of the molecule is O=C1CSC(=NN=Cc2ccccc2COc2c(F)cccc2F)N1. The highest BCUT2D eigenvalue weighted by Gasteiger charge is 2.16. The standard InChI is InChI=1S/C17H13F2N3O2S/c18-13-6-3-7-14(19)16(13)24-9-12-5-2-1-4-11(12)8-20-22-17-21-15(23)10-25-17/h1-8H,9-10H2,(H,21,22,23). The van der Waals surface area contributed by atoms with Crippen LogP contribution >= 0.6 is 11.8 Å². The van der Waals surface area contributed by atoms with Gasteiger partial charge in [0.1, 0.15) is 6.61 Å². The fourth-order valence-corrected chi connectivity index (χ4v) is 2.72. The van der Waals surface area contributed by atoms with E-state index in [9.17, 15) is 13.6 Å². The molecule has 0 unspecified atom stereocenters. The molecule has 0 radical (unpaired) electrons. The zero-order valence-corrected chi connectivity index (χ0v) is 13.7. The van der Waals surface area contributed by atoms with Crippen molar-refractivity contribution in [1.29, 1.82) is 0 Å². The topological polar surface area (TPSA) is 63.0 Å². The Hall–Kier alpha value is -2.74. The molecule has 0 saturated carbocycles. The lowest BCUT2D eigenvalue weighted by molar-refractivity contribution is -0.116. The van der Waals surface area contributed by atoms with Crippen LogP contribution in [0.3, 0.4) is 0 Å². The largest absolute Gasteiger partial charge is 0.483 e. The number of thioether (sulfide) groups is 1. The molecule has 0 spiro atoms. The van der Waals surface area contributed by atoms with Gasteiger partial charge < -0.3 is 10.1 Å². The van der Waals surface area contributed by atoms with Crippen LogP contribution in [0, 0.1) is 11.6 Å². The second-order valence-corrected chi connectivity index (χ2v) is 5.99. The van der Waals surface area contributed by atoms with Gasteiger partial charge in [0.05, 0.1) is 12.0 Å². The van der Waals surface area contributed by atoms with Crippen molar-refractivity contribution < 1.29 is 18.3 Å². The molecule has 8 heteroatoms. The molecule has 1 N–H and O–H groups in total. The van der Waals surface area contributed by atoms with Gasteiger partial charge in [-0.1, -0.05) is 42.1 Å². The summed E-state index contributed by atoms with van der Waals surface area (Å²) in [4.78, 5) is 11.1. The van der Waals surface area contributed by atoms with Crippen molar-refractivity contribution >= 4 is 29.1 Å². The summed E-state index contributed by atoms with van der Waals surface area (Å²) in [5.41, 5.74) is 1.38. The Morgan fingerprint density at radius 2 is 1.92 bits per heavy atom. The first-order chi connectivity index (χ1) is 12.1. The van der Waals surface area contributed by atoms with Crippen molar-refractivity contribution in [3.05, 3.63) is 65.2 Å². The quantitative estimate of drug-likeness (QED) is 0.658. The fraction of sp³-hybridized carbons (Fsp3) is 0.118. The first kappa shape index (κ1) is 17.1. The van der Waals surface area contributed by atoms with Crippen LogP contribution in [-0.2, 0) is 11.4 Å². The first-order valence-electron chi connectivity index (χ1n) is 7.32. The van der Waals surface area contributed by atoms with E-state index in [1.54, 1.807) is 24.3 Å². The predicted molar refractivity (Wildman–Crippen MR) is 92.8 cm³/mol. The number of benzene rings is 2. The Morgan fingerprint density at radius 3 is 2.64 bits per heavy atom. The average Bonchev–Trinajstić information content (AvgIpc) is 3.01. The Balaban J connectivity index is 1.72. The molecule has 1 amide bonds. The van der Waals surface area contributed by atoms with E-state index < -0.39 is 17.4 Å². The molecule has 1 heterocycles. The van der Waals surface area contributed by atoms with E-state index >= 15 is 0 Å². The molecule has 0 bridgehead atoms. The Morgan fingerprint density at radius 1 is 1.16 bits per heavy atom. The number of nitrogens with one attached hydrogen (secondary N) is 1. The molecule has 0 aromatic heterocycles. The predicted octanol–water partition coefficient (Wildman–Crippen LogP) is 3.10. The molecular weight excluding hydrogens is 348 g/mol. The number of halogens is 2. The number of carbonyl (C=O) groups excluding carboxylic acids is 1. The van der Waals surface area contributed by atoms with Gasteiger partial charge in [0.2, 0.25) is 5.91 Å². The summed E-state index contributed by atoms with van der Waals surface area (Å²) < 4.78 is 32.5. The lowest BCUT2D eigenvalue weighted by atomic mass is 10.1. The first-order valence-corrected chi connectivity index (χ1v) is 8.30. The second kappa shape index (κ2) is 7.89. The number of rotatable bonds is 5. The number of para-hydroxylation sites is 1. The Bertz CT molecular complexity index is 835. The van der Waals surface area contributed by atoms with Gasteiger partial charge in [-0.05, 0) is 17.7 Å². The van der Waals surface area contributed by atoms with Gasteiger partial charge in [0, 0.05) is 5.56 Å². The van der Waals surface area contributed by atoms with Crippen molar-refractivity contribution in [2.45, 2.75) is 6.61 Å². The van der Waals surface area contributed by atoms with E-state index in [4.69, 9.17) is 4.74 Å². The molecule has 0 atom stereocenters. The highest BCUT2D eigenvalue weighted by Crippen LogP contribution is 2.22. The van der Waals surface area contributed by atoms with Gasteiger partial charge in [-0.2, -0.15) is 5.10 Å². The monoisotopic (exact) mass is 361 g/mol. The number of nitrogens with zero attached hydrogens (tertiary/aromatic N) is 2. The maximum atomic E-state index is 13.6. The van der Waals surface area contributed by atoms with E-state index in [0.29, 0.717) is 22.0 Å². The highest BCUT2D eigenvalue weighted by molar-refractivity contribution is 8.15. The number of hydrogen-bond acceptors (Lipinski definition) is 5. The minimum Gasteiger partial charge on any atom is -0.483 e. The molecule has 2 aromatic carbocycles. The molecule has 2 aromatic rings. The van der Waals surface area contributed by atoms with Crippen LogP contribution in [0.4, 0.5) is 8.78 Å². The third-order valence-corrected chi connectivity index (χ3v) is 4.14. The fourth-order valence-electron chi connectivity index (χ4n) is 2.08. The lowest BCUT2D eigenvalue weighted by Crippen LogP contribution is -2.19. The van der Waals surface area contributed by atoms with E-state index in [1.807, 2.05) is 0 Å². The number of amidine groups is 1. The number of carbonyl (C=O) groups is 1. The maximum absolute atomic E-state index is 13.6. The maximum Gasteiger partial charge on any atom is 0.236 e. The molecule has 25 heavy (non-hydrogen) atoms. The van der Waals surface area contributed by atoms with Crippen LogP contribution in [0.15, 0.2) is 52.7 Å². The van der Waals surface area contributed by atoms with Gasteiger partial charge in [0.25, 0.3) is 0 Å². The summed E-state index contributed by atoms with van der Waals surface area (Å²) in [5, 5.41) is 10.8. The van der Waals surface area contributed by atoms with Crippen LogP contribution in [0.25, 0.3) is 0 Å². The number of ether oxygens (including phenoxy) is 1. The molecule has 1 aliphatic rings. The summed E-state index contributed by atoms with van der Waals surface area (Å²) in [6.07, 6.45) is 1.49. The third kappa shape index (κ3) is 4.42. The Labute approximate surface area is 146 Å². The number of amides is 1. The molecule has 0 aliphatic carbocycles. The van der Waals surface area contributed by atoms with E-state index in [-0.39, 0.29) is 12.5 Å². The Kier molecular flexibility index (Phi) is 5.39. The van der Waals surface area contributed by atoms with Gasteiger partial charge in [-0.15, -0.1) is 5.10 Å². The molecule has 1 saturated heterocycles. The molecule has 5 nitrogen and oxygen atoms in total. The summed E-state index contributed by atoms with van der Waals surface area (Å²) in [5.74, 6) is -1.72. The van der Waals surface area contributed by atoms with E-state index in [2.05, 4.69) is 15.5 Å². The molecule has 128 valence electrons. The van der Waals surface area contributed by atoms with Gasteiger partial charge in [0.15, 0.2) is 22.6 Å². The molecule has 1 aliphatic heterocycles. The van der Waals surface area contributed by atoms with Crippen LogP contribution in [0.2, 0.25) is 0 Å². The summed E-state index contributed by atoms with van der Waals surface area (Å²) in [7, 11) is 0. The normalized spacial score (nSPS) is 15.8. The zero-order chi connectivity index (χ0) is 17.6. The minimum atomic E-state index is -0.758. The summed E-state index contributed by atoms with van der Waals surface area (Å²) in [6.45, 7) is -0.0257. The third-order valence-electron chi connectivity index (χ3n) is 3.28. The lowest BCUT2D eigenvalue weighted by Gasteiger charge is -2.10. The van der Waals surface area contributed by atoms with Gasteiger partial charge >= 0.3 is 0 Å². The highest BCUT2D eigenvalue weighted by atomic mass is 32.2. The van der Waals surface area contributed by atoms with E-state index in [0.717, 1.165) is 12.1 Å². The van der Waals surface area contributed by atoms with Crippen molar-refractivity contribution in [2.24, 2.45) is 10.2 Å². The second-order valence-electron chi connectivity index (χ2n) is 5.02. The number of hydrogen-bond donors (Lipinski definition) is 1. The van der Waals surface area contributed by atoms with Crippen LogP contribution in [-0.4, -0.2) is 23.0 Å². The van der Waals surface area contributed by atoms with Crippen molar-refractivity contribution in [3.63, 3.8) is 0 Å². The zero-order valence-electron chi connectivity index (χ0n) is 12.9. The summed E-state index contributed by atoms with van der Waals surface area (Å²) in [6, 6.07) is 10.7. The van der Waals surface area contributed by atoms with Gasteiger partial charge in [-0.3, -0.25) is 4.79 Å². The minimum absolute atomic E-state index is 0.0257. The summed E-state index contributed by atoms with van der Waals surface area (Å²) >= 11 is 1.27. The smallest absolute Gasteiger partial charge is 0.236 e. The van der Waals surface area contributed by atoms with Crippen molar-refractivity contribution in [1.82, 2.24) is 5.32 Å².